The van der Waals surface area contributed by atoms with Gasteiger partial charge in [0.2, 0.25) is 0 Å². The Kier molecular flexibility index (Phi) is 6.95. The fraction of sp³-hybridized carbons (Fsp3) is 0.286. The summed E-state index contributed by atoms with van der Waals surface area (Å²) < 4.78 is 10.8. The van der Waals surface area contributed by atoms with Crippen LogP contribution >= 0.6 is 0 Å². The van der Waals surface area contributed by atoms with Gasteiger partial charge in [0.15, 0.2) is 12.2 Å². The number of carbonyl (C=O) groups excluding carboxylic acids is 2. The van der Waals surface area contributed by atoms with Crippen molar-refractivity contribution in [2.45, 2.75) is 33.0 Å². The van der Waals surface area contributed by atoms with Crippen LogP contribution < -0.4 is 9.64 Å². The van der Waals surface area contributed by atoms with Gasteiger partial charge in [0.1, 0.15) is 5.75 Å². The Labute approximate surface area is 158 Å². The molecule has 2 rings (SSSR count). The monoisotopic (exact) mass is 366 g/mol. The predicted octanol–water partition coefficient (Wildman–Crippen LogP) is 3.31. The zero-order chi connectivity index (χ0) is 19.8. The van der Waals surface area contributed by atoms with E-state index in [1.165, 1.54) is 0 Å². The normalized spacial score (nSPS) is 12.4. The second-order valence-electron chi connectivity index (χ2n) is 5.89. The fourth-order valence-corrected chi connectivity index (χ4v) is 2.47. The lowest BCUT2D eigenvalue weighted by Crippen LogP contribution is -2.41. The molecule has 27 heavy (non-hydrogen) atoms. The quantitative estimate of drug-likeness (QED) is 0.703. The summed E-state index contributed by atoms with van der Waals surface area (Å²) in [6.45, 7) is 5.41. The average Bonchev–Trinajstić information content (AvgIpc) is 2.69. The maximum atomic E-state index is 12.6. The molecule has 0 aliphatic heterocycles. The van der Waals surface area contributed by atoms with Gasteiger partial charge in [0.05, 0.1) is 11.6 Å². The molecule has 0 aliphatic carbocycles. The first-order chi connectivity index (χ1) is 13.0. The van der Waals surface area contributed by atoms with E-state index in [1.807, 2.05) is 43.3 Å². The van der Waals surface area contributed by atoms with Crippen LogP contribution in [0.2, 0.25) is 0 Å². The van der Waals surface area contributed by atoms with Gasteiger partial charge in [0.25, 0.3) is 5.91 Å². The van der Waals surface area contributed by atoms with Crippen molar-refractivity contribution >= 4 is 17.6 Å². The lowest BCUT2D eigenvalue weighted by Gasteiger charge is -2.25. The molecular weight excluding hydrogens is 344 g/mol. The Balaban J connectivity index is 1.96. The minimum atomic E-state index is -0.940. The minimum absolute atomic E-state index is 0.303. The number of para-hydroxylation sites is 1. The van der Waals surface area contributed by atoms with E-state index in [0.717, 1.165) is 5.69 Å². The van der Waals surface area contributed by atoms with E-state index in [0.29, 0.717) is 17.9 Å². The molecule has 0 heterocycles. The number of rotatable bonds is 7. The molecule has 0 saturated heterocycles. The van der Waals surface area contributed by atoms with Crippen LogP contribution in [0.3, 0.4) is 0 Å². The molecule has 6 nitrogen and oxygen atoms in total. The van der Waals surface area contributed by atoms with E-state index < -0.39 is 18.2 Å². The molecule has 0 saturated carbocycles. The SMILES string of the molecule is CCN(C(=O)[C@H](C)OC(=O)[C@H](C)Oc1ccc(C#N)cc1)c1ccccc1. The molecule has 0 N–H and O–H groups in total. The number of hydrogen-bond acceptors (Lipinski definition) is 5. The summed E-state index contributed by atoms with van der Waals surface area (Å²) in [6, 6.07) is 17.6. The predicted molar refractivity (Wildman–Crippen MR) is 101 cm³/mol. The zero-order valence-corrected chi connectivity index (χ0v) is 15.6. The van der Waals surface area contributed by atoms with Crippen LogP contribution in [0.4, 0.5) is 5.69 Å². The zero-order valence-electron chi connectivity index (χ0n) is 15.6. The van der Waals surface area contributed by atoms with Gasteiger partial charge in [0, 0.05) is 12.2 Å². The number of hydrogen-bond donors (Lipinski definition) is 0. The highest BCUT2D eigenvalue weighted by Gasteiger charge is 2.27. The first kappa shape index (κ1) is 20.0. The summed E-state index contributed by atoms with van der Waals surface area (Å²) in [5.41, 5.74) is 1.24. The van der Waals surface area contributed by atoms with Crippen molar-refractivity contribution in [3.8, 4) is 11.8 Å². The van der Waals surface area contributed by atoms with Gasteiger partial charge in [-0.05, 0) is 57.2 Å². The van der Waals surface area contributed by atoms with E-state index in [1.54, 1.807) is 43.0 Å². The summed E-state index contributed by atoms with van der Waals surface area (Å²) in [4.78, 5) is 26.5. The largest absolute Gasteiger partial charge is 0.479 e. The number of esters is 1. The van der Waals surface area contributed by atoms with Crippen molar-refractivity contribution in [1.29, 1.82) is 5.26 Å². The third-order valence-electron chi connectivity index (χ3n) is 3.92. The number of carbonyl (C=O) groups is 2. The molecule has 0 fully saturated rings. The van der Waals surface area contributed by atoms with E-state index in [-0.39, 0.29) is 5.91 Å². The van der Waals surface area contributed by atoms with Crippen LogP contribution in [-0.2, 0) is 14.3 Å². The third-order valence-corrected chi connectivity index (χ3v) is 3.92. The van der Waals surface area contributed by atoms with Crippen molar-refractivity contribution in [2.75, 3.05) is 11.4 Å². The van der Waals surface area contributed by atoms with Gasteiger partial charge in [-0.3, -0.25) is 4.79 Å². The van der Waals surface area contributed by atoms with Gasteiger partial charge in [-0.1, -0.05) is 18.2 Å². The molecule has 2 aromatic carbocycles. The Morgan fingerprint density at radius 1 is 1.04 bits per heavy atom. The van der Waals surface area contributed by atoms with E-state index >= 15 is 0 Å². The second kappa shape index (κ2) is 9.39. The molecule has 2 aromatic rings. The summed E-state index contributed by atoms with van der Waals surface area (Å²) in [6.07, 6.45) is -1.83. The first-order valence-corrected chi connectivity index (χ1v) is 8.70. The number of likely N-dealkylation sites (N-methyl/N-ethyl adjacent to an activating group) is 1. The fourth-order valence-electron chi connectivity index (χ4n) is 2.47. The van der Waals surface area contributed by atoms with Gasteiger partial charge < -0.3 is 14.4 Å². The maximum absolute atomic E-state index is 12.6. The Hall–Kier alpha value is -3.33. The van der Waals surface area contributed by atoms with E-state index in [4.69, 9.17) is 14.7 Å². The Morgan fingerprint density at radius 2 is 1.67 bits per heavy atom. The van der Waals surface area contributed by atoms with Crippen LogP contribution in [0.15, 0.2) is 54.6 Å². The number of benzene rings is 2. The van der Waals surface area contributed by atoms with Crippen LogP contribution in [0.5, 0.6) is 5.75 Å². The van der Waals surface area contributed by atoms with Crippen molar-refractivity contribution < 1.29 is 19.1 Å². The highest BCUT2D eigenvalue weighted by Crippen LogP contribution is 2.17. The first-order valence-electron chi connectivity index (χ1n) is 8.70. The molecule has 6 heteroatoms. The van der Waals surface area contributed by atoms with Crippen molar-refractivity contribution in [3.63, 3.8) is 0 Å². The number of ether oxygens (including phenoxy) is 2. The Morgan fingerprint density at radius 3 is 2.22 bits per heavy atom. The van der Waals surface area contributed by atoms with E-state index in [2.05, 4.69) is 0 Å². The van der Waals surface area contributed by atoms with Crippen molar-refractivity contribution in [3.05, 3.63) is 60.2 Å². The molecule has 0 radical (unpaired) electrons. The van der Waals surface area contributed by atoms with Gasteiger partial charge in [-0.2, -0.15) is 5.26 Å². The maximum Gasteiger partial charge on any atom is 0.347 e. The lowest BCUT2D eigenvalue weighted by atomic mass is 10.2. The summed E-state index contributed by atoms with van der Waals surface area (Å²) in [5.74, 6) is -0.496. The second-order valence-corrected chi connectivity index (χ2v) is 5.89. The standard InChI is InChI=1S/C21H22N2O4/c1-4-23(18-8-6-5-7-9-18)20(24)15(2)27-21(25)16(3)26-19-12-10-17(14-22)11-13-19/h5-13,15-16H,4H2,1-3H3/t15-,16-/m0/s1. The number of anilines is 1. The summed E-state index contributed by atoms with van der Waals surface area (Å²) in [5, 5.41) is 8.80. The third kappa shape index (κ3) is 5.32. The molecule has 0 aromatic heterocycles. The lowest BCUT2D eigenvalue weighted by molar-refractivity contribution is -0.160. The number of nitrogens with zero attached hydrogens (tertiary/aromatic N) is 2. The average molecular weight is 366 g/mol. The minimum Gasteiger partial charge on any atom is -0.479 e. The van der Waals surface area contributed by atoms with Crippen LogP contribution in [0, 0.1) is 11.3 Å². The topological polar surface area (TPSA) is 79.6 Å². The number of amides is 1. The molecule has 0 bridgehead atoms. The molecule has 0 aliphatic rings. The van der Waals surface area contributed by atoms with Crippen LogP contribution in [0.1, 0.15) is 26.3 Å². The molecule has 0 spiro atoms. The highest BCUT2D eigenvalue weighted by molar-refractivity contribution is 5.97. The number of nitriles is 1. The molecular formula is C21H22N2O4. The van der Waals surface area contributed by atoms with Crippen molar-refractivity contribution in [1.82, 2.24) is 0 Å². The smallest absolute Gasteiger partial charge is 0.347 e. The van der Waals surface area contributed by atoms with Gasteiger partial charge in [-0.15, -0.1) is 0 Å². The van der Waals surface area contributed by atoms with Crippen LogP contribution in [0.25, 0.3) is 0 Å². The summed E-state index contributed by atoms with van der Waals surface area (Å²) >= 11 is 0. The molecule has 2 atom stereocenters. The summed E-state index contributed by atoms with van der Waals surface area (Å²) in [7, 11) is 0. The van der Waals surface area contributed by atoms with Crippen LogP contribution in [-0.4, -0.2) is 30.6 Å². The van der Waals surface area contributed by atoms with E-state index in [9.17, 15) is 9.59 Å². The molecule has 140 valence electrons. The highest BCUT2D eigenvalue weighted by atomic mass is 16.6. The Bertz CT molecular complexity index is 812. The molecule has 1 amide bonds. The van der Waals surface area contributed by atoms with Gasteiger partial charge in [-0.25, -0.2) is 4.79 Å². The van der Waals surface area contributed by atoms with Gasteiger partial charge >= 0.3 is 5.97 Å². The molecule has 0 unspecified atom stereocenters. The van der Waals surface area contributed by atoms with Crippen molar-refractivity contribution in [2.24, 2.45) is 0 Å².